The smallest absolute Gasteiger partial charge is 0.227 e. The first-order valence-corrected chi connectivity index (χ1v) is 7.81. The van der Waals surface area contributed by atoms with Crippen LogP contribution in [0.5, 0.6) is 0 Å². The lowest BCUT2D eigenvalue weighted by Gasteiger charge is -2.37. The van der Waals surface area contributed by atoms with Crippen LogP contribution in [0, 0.1) is 11.3 Å². The molecule has 1 aliphatic heterocycles. The molecule has 2 atom stereocenters. The van der Waals surface area contributed by atoms with Crippen molar-refractivity contribution in [3.63, 3.8) is 0 Å². The monoisotopic (exact) mass is 268 g/mol. The summed E-state index contributed by atoms with van der Waals surface area (Å²) in [6.07, 6.45) is 3.39. The van der Waals surface area contributed by atoms with Gasteiger partial charge in [-0.15, -0.1) is 0 Å². The third kappa shape index (κ3) is 4.79. The highest BCUT2D eigenvalue weighted by atomic mass is 16.2. The highest BCUT2D eigenvalue weighted by Crippen LogP contribution is 2.21. The molecule has 0 bridgehead atoms. The van der Waals surface area contributed by atoms with Gasteiger partial charge in [0.25, 0.3) is 0 Å². The van der Waals surface area contributed by atoms with E-state index in [-0.39, 0.29) is 5.41 Å². The maximum atomic E-state index is 12.2. The first-order valence-electron chi connectivity index (χ1n) is 7.81. The number of carbonyl (C=O) groups is 1. The van der Waals surface area contributed by atoms with Gasteiger partial charge in [0.2, 0.25) is 5.91 Å². The lowest BCUT2D eigenvalue weighted by atomic mass is 9.92. The number of hydrogen-bond acceptors (Lipinski definition) is 2. The molecule has 1 amide bonds. The van der Waals surface area contributed by atoms with Gasteiger partial charge in [0.05, 0.1) is 0 Å². The molecule has 3 heteroatoms. The number of nitrogens with zero attached hydrogens (tertiary/aromatic N) is 1. The highest BCUT2D eigenvalue weighted by Gasteiger charge is 2.30. The number of nitrogens with one attached hydrogen (secondary N) is 1. The summed E-state index contributed by atoms with van der Waals surface area (Å²) >= 11 is 0. The molecule has 1 heterocycles. The van der Waals surface area contributed by atoms with E-state index in [1.807, 2.05) is 25.7 Å². The van der Waals surface area contributed by atoms with Crippen molar-refractivity contribution < 1.29 is 4.79 Å². The van der Waals surface area contributed by atoms with Crippen molar-refractivity contribution in [2.75, 3.05) is 13.1 Å². The molecule has 1 saturated heterocycles. The molecule has 0 spiro atoms. The van der Waals surface area contributed by atoms with Gasteiger partial charge in [-0.1, -0.05) is 41.0 Å². The quantitative estimate of drug-likeness (QED) is 0.850. The normalized spacial score (nSPS) is 21.3. The van der Waals surface area contributed by atoms with Gasteiger partial charge in [-0.2, -0.15) is 0 Å². The second-order valence-electron chi connectivity index (χ2n) is 7.16. The fourth-order valence-electron chi connectivity index (χ4n) is 2.61. The number of likely N-dealkylation sites (tertiary alicyclic amines) is 1. The Labute approximate surface area is 119 Å². The van der Waals surface area contributed by atoms with Gasteiger partial charge in [0.1, 0.15) is 0 Å². The molecule has 0 aromatic carbocycles. The van der Waals surface area contributed by atoms with E-state index in [9.17, 15) is 4.79 Å². The van der Waals surface area contributed by atoms with Gasteiger partial charge >= 0.3 is 0 Å². The zero-order chi connectivity index (χ0) is 14.6. The van der Waals surface area contributed by atoms with Crippen LogP contribution < -0.4 is 5.32 Å². The van der Waals surface area contributed by atoms with E-state index in [0.717, 1.165) is 25.9 Å². The van der Waals surface area contributed by atoms with Crippen LogP contribution in [0.3, 0.4) is 0 Å². The van der Waals surface area contributed by atoms with Crippen LogP contribution in [0.1, 0.15) is 60.8 Å². The molecule has 0 aromatic heterocycles. The fourth-order valence-corrected chi connectivity index (χ4v) is 2.61. The minimum absolute atomic E-state index is 0.246. The van der Waals surface area contributed by atoms with E-state index in [0.29, 0.717) is 23.9 Å². The van der Waals surface area contributed by atoms with Crippen LogP contribution in [-0.4, -0.2) is 36.0 Å². The van der Waals surface area contributed by atoms with Gasteiger partial charge in [-0.05, 0) is 25.7 Å². The number of hydrogen-bond donors (Lipinski definition) is 1. The molecule has 2 unspecified atom stereocenters. The average Bonchev–Trinajstić information content (AvgIpc) is 2.36. The number of carbonyl (C=O) groups excluding carboxylic acids is 1. The highest BCUT2D eigenvalue weighted by molar-refractivity contribution is 5.81. The molecule has 1 N–H and O–H groups in total. The largest absolute Gasteiger partial charge is 0.342 e. The van der Waals surface area contributed by atoms with E-state index in [4.69, 9.17) is 0 Å². The zero-order valence-corrected chi connectivity index (χ0v) is 13.6. The average molecular weight is 268 g/mol. The molecule has 0 saturated carbocycles. The first-order chi connectivity index (χ1) is 8.75. The second-order valence-corrected chi connectivity index (χ2v) is 7.16. The van der Waals surface area contributed by atoms with Crippen molar-refractivity contribution >= 4 is 5.91 Å². The van der Waals surface area contributed by atoms with Crippen molar-refractivity contribution in [2.24, 2.45) is 11.3 Å². The molecule has 3 nitrogen and oxygen atoms in total. The van der Waals surface area contributed by atoms with Gasteiger partial charge in [0.15, 0.2) is 0 Å². The van der Waals surface area contributed by atoms with Gasteiger partial charge in [-0.25, -0.2) is 0 Å². The maximum absolute atomic E-state index is 12.2. The minimum atomic E-state index is -0.246. The van der Waals surface area contributed by atoms with E-state index in [1.165, 1.54) is 6.42 Å². The lowest BCUT2D eigenvalue weighted by Crippen LogP contribution is -2.50. The number of rotatable bonds is 4. The molecule has 1 fully saturated rings. The third-order valence-electron chi connectivity index (χ3n) is 4.42. The Bertz CT molecular complexity index is 288. The molecule has 1 rings (SSSR count). The fraction of sp³-hybridized carbons (Fsp3) is 0.938. The summed E-state index contributed by atoms with van der Waals surface area (Å²) in [4.78, 5) is 14.2. The Morgan fingerprint density at radius 2 is 1.79 bits per heavy atom. The summed E-state index contributed by atoms with van der Waals surface area (Å²) < 4.78 is 0. The Hall–Kier alpha value is -0.570. The van der Waals surface area contributed by atoms with Crippen molar-refractivity contribution in [1.29, 1.82) is 0 Å². The summed E-state index contributed by atoms with van der Waals surface area (Å²) in [7, 11) is 0. The zero-order valence-electron chi connectivity index (χ0n) is 13.6. The van der Waals surface area contributed by atoms with Crippen molar-refractivity contribution in [3.8, 4) is 0 Å². The van der Waals surface area contributed by atoms with Crippen LogP contribution in [-0.2, 0) is 4.79 Å². The Morgan fingerprint density at radius 3 is 2.21 bits per heavy atom. The summed E-state index contributed by atoms with van der Waals surface area (Å²) in [6.45, 7) is 14.6. The topological polar surface area (TPSA) is 32.3 Å². The molecule has 1 aliphatic rings. The summed E-state index contributed by atoms with van der Waals surface area (Å²) in [5.41, 5.74) is -0.246. The molecule has 0 radical (unpaired) electrons. The molecule has 0 aromatic rings. The summed E-state index contributed by atoms with van der Waals surface area (Å²) in [6, 6.07) is 1.15. The van der Waals surface area contributed by atoms with Crippen molar-refractivity contribution in [1.82, 2.24) is 10.2 Å². The van der Waals surface area contributed by atoms with E-state index < -0.39 is 0 Å². The lowest BCUT2D eigenvalue weighted by molar-refractivity contribution is -0.140. The molecule has 0 aliphatic carbocycles. The minimum Gasteiger partial charge on any atom is -0.342 e. The Kier molecular flexibility index (Phi) is 5.84. The number of amides is 1. The van der Waals surface area contributed by atoms with Crippen LogP contribution in [0.4, 0.5) is 0 Å². The molecule has 112 valence electrons. The van der Waals surface area contributed by atoms with E-state index in [1.54, 1.807) is 0 Å². The Balaban J connectivity index is 2.39. The van der Waals surface area contributed by atoms with Crippen molar-refractivity contribution in [2.45, 2.75) is 72.9 Å². The standard InChI is InChI=1S/C16H32N2O/c1-7-12(2)13(3)17-14-8-10-18(11-9-14)15(19)16(4,5)6/h12-14,17H,7-11H2,1-6H3. The molecular formula is C16H32N2O. The van der Waals surface area contributed by atoms with Gasteiger partial charge in [-0.3, -0.25) is 4.79 Å². The maximum Gasteiger partial charge on any atom is 0.227 e. The van der Waals surface area contributed by atoms with Crippen LogP contribution in [0.15, 0.2) is 0 Å². The predicted molar refractivity (Wildman–Crippen MR) is 81.1 cm³/mol. The molecular weight excluding hydrogens is 236 g/mol. The third-order valence-corrected chi connectivity index (χ3v) is 4.42. The first kappa shape index (κ1) is 16.5. The predicted octanol–water partition coefficient (Wildman–Crippen LogP) is 3.05. The second kappa shape index (κ2) is 6.74. The number of piperidine rings is 1. The van der Waals surface area contributed by atoms with E-state index in [2.05, 4.69) is 26.1 Å². The van der Waals surface area contributed by atoms with E-state index >= 15 is 0 Å². The van der Waals surface area contributed by atoms with Crippen LogP contribution in [0.25, 0.3) is 0 Å². The SMILES string of the molecule is CCC(C)C(C)NC1CCN(C(=O)C(C)(C)C)CC1. The van der Waals surface area contributed by atoms with Gasteiger partial charge < -0.3 is 10.2 Å². The summed E-state index contributed by atoms with van der Waals surface area (Å²) in [5.74, 6) is 1.01. The van der Waals surface area contributed by atoms with Gasteiger partial charge in [0, 0.05) is 30.6 Å². The summed E-state index contributed by atoms with van der Waals surface area (Å²) in [5, 5.41) is 3.73. The van der Waals surface area contributed by atoms with Crippen LogP contribution >= 0.6 is 0 Å². The van der Waals surface area contributed by atoms with Crippen LogP contribution in [0.2, 0.25) is 0 Å². The van der Waals surface area contributed by atoms with Crippen molar-refractivity contribution in [3.05, 3.63) is 0 Å². The molecule has 19 heavy (non-hydrogen) atoms. The Morgan fingerprint density at radius 1 is 1.26 bits per heavy atom.